The van der Waals surface area contributed by atoms with Crippen molar-refractivity contribution in [3.63, 3.8) is 0 Å². The van der Waals surface area contributed by atoms with Crippen LogP contribution in [0.5, 0.6) is 0 Å². The zero-order valence-electron chi connectivity index (χ0n) is 13.1. The number of rotatable bonds is 3. The molecule has 23 heavy (non-hydrogen) atoms. The molecule has 0 N–H and O–H groups in total. The molecular formula is C15H21N3O4S. The van der Waals surface area contributed by atoms with Crippen LogP contribution in [-0.2, 0) is 10.0 Å². The highest BCUT2D eigenvalue weighted by atomic mass is 32.2. The standard InChI is InChI=1S/C15H21N3O4S/c1-12-5-6-15(14(10-12)18(19)20)23(21,22)17-9-3-8-16-7-2-4-13(16)11-17/h5-6,10,13H,2-4,7-9,11H2,1H3/t13-/m1/s1. The lowest BCUT2D eigenvalue weighted by Crippen LogP contribution is -2.39. The zero-order chi connectivity index (χ0) is 16.6. The smallest absolute Gasteiger partial charge is 0.289 e. The summed E-state index contributed by atoms with van der Waals surface area (Å²) in [5, 5.41) is 11.3. The maximum atomic E-state index is 13.0. The third-order valence-electron chi connectivity index (χ3n) is 4.70. The van der Waals surface area contributed by atoms with Gasteiger partial charge in [0, 0.05) is 25.2 Å². The predicted octanol–water partition coefficient (Wildman–Crippen LogP) is 1.76. The number of sulfonamides is 1. The molecule has 0 saturated carbocycles. The molecular weight excluding hydrogens is 318 g/mol. The summed E-state index contributed by atoms with van der Waals surface area (Å²) < 4.78 is 27.4. The summed E-state index contributed by atoms with van der Waals surface area (Å²) in [4.78, 5) is 12.8. The Bertz CT molecular complexity index is 719. The molecule has 2 heterocycles. The fourth-order valence-electron chi connectivity index (χ4n) is 3.52. The van der Waals surface area contributed by atoms with Gasteiger partial charge in [-0.25, -0.2) is 8.42 Å². The topological polar surface area (TPSA) is 83.8 Å². The van der Waals surface area contributed by atoms with Crippen LogP contribution in [0.1, 0.15) is 24.8 Å². The van der Waals surface area contributed by atoms with Gasteiger partial charge in [-0.2, -0.15) is 4.31 Å². The summed E-state index contributed by atoms with van der Waals surface area (Å²) in [5.74, 6) is 0. The summed E-state index contributed by atoms with van der Waals surface area (Å²) in [6.07, 6.45) is 2.83. The van der Waals surface area contributed by atoms with Crippen LogP contribution in [0.15, 0.2) is 23.1 Å². The maximum absolute atomic E-state index is 13.0. The van der Waals surface area contributed by atoms with E-state index in [2.05, 4.69) is 4.90 Å². The number of benzene rings is 1. The van der Waals surface area contributed by atoms with Crippen LogP contribution in [0, 0.1) is 17.0 Å². The Morgan fingerprint density at radius 1 is 1.22 bits per heavy atom. The minimum Gasteiger partial charge on any atom is -0.299 e. The lowest BCUT2D eigenvalue weighted by molar-refractivity contribution is -0.387. The van der Waals surface area contributed by atoms with E-state index in [1.807, 2.05) is 0 Å². The molecule has 0 bridgehead atoms. The first kappa shape index (κ1) is 16.4. The van der Waals surface area contributed by atoms with Crippen LogP contribution in [0.25, 0.3) is 0 Å². The van der Waals surface area contributed by atoms with Gasteiger partial charge in [0.25, 0.3) is 5.69 Å². The van der Waals surface area contributed by atoms with Gasteiger partial charge in [-0.3, -0.25) is 15.0 Å². The maximum Gasteiger partial charge on any atom is 0.289 e. The number of hydrogen-bond acceptors (Lipinski definition) is 5. The fourth-order valence-corrected chi connectivity index (χ4v) is 5.17. The Morgan fingerprint density at radius 2 is 1.96 bits per heavy atom. The van der Waals surface area contributed by atoms with E-state index >= 15 is 0 Å². The molecule has 1 atom stereocenters. The lowest BCUT2D eigenvalue weighted by Gasteiger charge is -2.25. The highest BCUT2D eigenvalue weighted by Gasteiger charge is 2.37. The van der Waals surface area contributed by atoms with Crippen LogP contribution in [0.4, 0.5) is 5.69 Å². The molecule has 1 aromatic carbocycles. The van der Waals surface area contributed by atoms with Crippen molar-refractivity contribution < 1.29 is 13.3 Å². The monoisotopic (exact) mass is 339 g/mol. The number of nitro groups is 1. The van der Waals surface area contributed by atoms with Crippen LogP contribution in [-0.4, -0.2) is 54.8 Å². The quantitative estimate of drug-likeness (QED) is 0.619. The normalized spacial score (nSPS) is 23.4. The largest absolute Gasteiger partial charge is 0.299 e. The van der Waals surface area contributed by atoms with Crippen molar-refractivity contribution >= 4 is 15.7 Å². The van der Waals surface area contributed by atoms with Crippen molar-refractivity contribution in [3.8, 4) is 0 Å². The van der Waals surface area contributed by atoms with Gasteiger partial charge in [0.1, 0.15) is 0 Å². The van der Waals surface area contributed by atoms with Gasteiger partial charge < -0.3 is 0 Å². The Labute approximate surface area is 136 Å². The Morgan fingerprint density at radius 3 is 2.70 bits per heavy atom. The number of hydrogen-bond donors (Lipinski definition) is 0. The van der Waals surface area contributed by atoms with Crippen LogP contribution in [0.3, 0.4) is 0 Å². The molecule has 2 saturated heterocycles. The molecule has 0 amide bonds. The van der Waals surface area contributed by atoms with E-state index in [0.29, 0.717) is 18.7 Å². The molecule has 7 nitrogen and oxygen atoms in total. The van der Waals surface area contributed by atoms with E-state index in [9.17, 15) is 18.5 Å². The Kier molecular flexibility index (Phi) is 4.39. The average molecular weight is 339 g/mol. The van der Waals surface area contributed by atoms with Crippen molar-refractivity contribution in [3.05, 3.63) is 33.9 Å². The van der Waals surface area contributed by atoms with Crippen molar-refractivity contribution in [1.29, 1.82) is 0 Å². The zero-order valence-corrected chi connectivity index (χ0v) is 14.0. The third-order valence-corrected chi connectivity index (χ3v) is 6.61. The van der Waals surface area contributed by atoms with E-state index in [4.69, 9.17) is 0 Å². The molecule has 2 aliphatic heterocycles. The second-order valence-corrected chi connectivity index (χ2v) is 8.18. The van der Waals surface area contributed by atoms with Gasteiger partial charge in [0.05, 0.1) is 4.92 Å². The molecule has 1 aromatic rings. The number of nitro benzene ring substituents is 1. The molecule has 0 radical (unpaired) electrons. The summed E-state index contributed by atoms with van der Waals surface area (Å²) in [6.45, 7) is 4.47. The van der Waals surface area contributed by atoms with Crippen molar-refractivity contribution in [2.24, 2.45) is 0 Å². The number of aryl methyl sites for hydroxylation is 1. The van der Waals surface area contributed by atoms with Crippen LogP contribution >= 0.6 is 0 Å². The minimum atomic E-state index is -3.85. The number of fused-ring (bicyclic) bond motifs is 1. The van der Waals surface area contributed by atoms with Crippen molar-refractivity contribution in [1.82, 2.24) is 9.21 Å². The second-order valence-electron chi connectivity index (χ2n) is 6.28. The van der Waals surface area contributed by atoms with Crippen molar-refractivity contribution in [2.75, 3.05) is 26.2 Å². The lowest BCUT2D eigenvalue weighted by atomic mass is 10.2. The van der Waals surface area contributed by atoms with Crippen molar-refractivity contribution in [2.45, 2.75) is 37.1 Å². The van der Waals surface area contributed by atoms with E-state index in [1.165, 1.54) is 16.4 Å². The molecule has 0 aliphatic carbocycles. The van der Waals surface area contributed by atoms with Crippen LogP contribution < -0.4 is 0 Å². The highest BCUT2D eigenvalue weighted by molar-refractivity contribution is 7.89. The Hall–Kier alpha value is -1.51. The Balaban J connectivity index is 1.96. The van der Waals surface area contributed by atoms with Gasteiger partial charge in [0.15, 0.2) is 4.90 Å². The first-order valence-corrected chi connectivity index (χ1v) is 9.33. The van der Waals surface area contributed by atoms with Crippen LogP contribution in [0.2, 0.25) is 0 Å². The summed E-state index contributed by atoms with van der Waals surface area (Å²) >= 11 is 0. The molecule has 0 unspecified atom stereocenters. The van der Waals surface area contributed by atoms with E-state index < -0.39 is 14.9 Å². The molecule has 3 rings (SSSR count). The SMILES string of the molecule is Cc1ccc(S(=O)(=O)N2CCCN3CCC[C@@H]3C2)c([N+](=O)[O-])c1. The van der Waals surface area contributed by atoms with E-state index in [-0.39, 0.29) is 16.6 Å². The molecule has 2 fully saturated rings. The van der Waals surface area contributed by atoms with E-state index in [0.717, 1.165) is 32.4 Å². The molecule has 2 aliphatic rings. The molecule has 126 valence electrons. The van der Waals surface area contributed by atoms with E-state index in [1.54, 1.807) is 13.0 Å². The predicted molar refractivity (Wildman–Crippen MR) is 85.8 cm³/mol. The second kappa shape index (κ2) is 6.18. The minimum absolute atomic E-state index is 0.195. The highest BCUT2D eigenvalue weighted by Crippen LogP contribution is 2.30. The van der Waals surface area contributed by atoms with Gasteiger partial charge in [0.2, 0.25) is 10.0 Å². The summed E-state index contributed by atoms with van der Waals surface area (Å²) in [5.41, 5.74) is 0.339. The number of nitrogens with zero attached hydrogens (tertiary/aromatic N) is 3. The van der Waals surface area contributed by atoms with Gasteiger partial charge in [-0.15, -0.1) is 0 Å². The first-order chi connectivity index (χ1) is 10.9. The van der Waals surface area contributed by atoms with Gasteiger partial charge in [-0.05, 0) is 50.9 Å². The summed E-state index contributed by atoms with van der Waals surface area (Å²) in [6, 6.07) is 4.53. The van der Waals surface area contributed by atoms with Gasteiger partial charge >= 0.3 is 0 Å². The first-order valence-electron chi connectivity index (χ1n) is 7.89. The fraction of sp³-hybridized carbons (Fsp3) is 0.600. The molecule has 8 heteroatoms. The molecule has 0 aromatic heterocycles. The molecule has 0 spiro atoms. The van der Waals surface area contributed by atoms with Gasteiger partial charge in [-0.1, -0.05) is 6.07 Å². The summed E-state index contributed by atoms with van der Waals surface area (Å²) in [7, 11) is -3.85. The third kappa shape index (κ3) is 3.11. The average Bonchev–Trinajstić information content (AvgIpc) is 2.83.